The number of anilines is 1. The zero-order chi connectivity index (χ0) is 20.5. The molecule has 0 aliphatic carbocycles. The van der Waals surface area contributed by atoms with E-state index in [4.69, 9.17) is 4.74 Å². The van der Waals surface area contributed by atoms with Gasteiger partial charge in [0.05, 0.1) is 13.0 Å². The molecular formula is C21H23FN2O4. The Balaban J connectivity index is 2.20. The third kappa shape index (κ3) is 6.50. The number of nitrogens with zero attached hydrogens (tertiary/aromatic N) is 1. The van der Waals surface area contributed by atoms with Gasteiger partial charge in [-0.2, -0.15) is 0 Å². The van der Waals surface area contributed by atoms with Gasteiger partial charge in [0, 0.05) is 31.3 Å². The van der Waals surface area contributed by atoms with Crippen LogP contribution in [0.2, 0.25) is 0 Å². The van der Waals surface area contributed by atoms with Crippen LogP contribution in [-0.4, -0.2) is 35.8 Å². The first-order valence-corrected chi connectivity index (χ1v) is 8.96. The minimum atomic E-state index is -0.397. The van der Waals surface area contributed by atoms with E-state index >= 15 is 0 Å². The van der Waals surface area contributed by atoms with Crippen molar-refractivity contribution in [2.75, 3.05) is 18.5 Å². The summed E-state index contributed by atoms with van der Waals surface area (Å²) in [7, 11) is 0. The number of amides is 2. The number of ether oxygens (including phenoxy) is 1. The van der Waals surface area contributed by atoms with E-state index in [0.717, 1.165) is 5.56 Å². The van der Waals surface area contributed by atoms with Crippen LogP contribution in [0, 0.1) is 5.82 Å². The van der Waals surface area contributed by atoms with Crippen molar-refractivity contribution < 1.29 is 23.5 Å². The molecule has 7 heteroatoms. The number of nitrogens with one attached hydrogen (secondary N) is 1. The van der Waals surface area contributed by atoms with Gasteiger partial charge in [0.15, 0.2) is 0 Å². The lowest BCUT2D eigenvalue weighted by molar-refractivity contribution is -0.143. The molecule has 0 spiro atoms. The Labute approximate surface area is 163 Å². The van der Waals surface area contributed by atoms with Crippen LogP contribution >= 0.6 is 0 Å². The highest BCUT2D eigenvalue weighted by Gasteiger charge is 2.18. The number of benzene rings is 2. The summed E-state index contributed by atoms with van der Waals surface area (Å²) < 4.78 is 18.1. The fourth-order valence-corrected chi connectivity index (χ4v) is 2.64. The van der Waals surface area contributed by atoms with Crippen LogP contribution in [0.25, 0.3) is 0 Å². The van der Waals surface area contributed by atoms with Gasteiger partial charge in [0.2, 0.25) is 5.91 Å². The van der Waals surface area contributed by atoms with Gasteiger partial charge in [0.25, 0.3) is 5.91 Å². The SMILES string of the molecule is CCOC(=O)CCN(Cc1ccc(F)cc1)C(=O)c1cccc(NC(C)=O)c1. The minimum Gasteiger partial charge on any atom is -0.466 e. The Morgan fingerprint density at radius 2 is 1.82 bits per heavy atom. The Bertz CT molecular complexity index is 837. The van der Waals surface area contributed by atoms with E-state index in [1.54, 1.807) is 43.3 Å². The molecule has 2 rings (SSSR count). The van der Waals surface area contributed by atoms with Gasteiger partial charge in [-0.15, -0.1) is 0 Å². The second-order valence-electron chi connectivity index (χ2n) is 6.17. The monoisotopic (exact) mass is 386 g/mol. The molecule has 2 aromatic rings. The summed E-state index contributed by atoms with van der Waals surface area (Å²) in [5.74, 6) is -1.31. The molecule has 0 aromatic heterocycles. The standard InChI is InChI=1S/C21H23FN2O4/c1-3-28-20(26)11-12-24(14-16-7-9-18(22)10-8-16)21(27)17-5-4-6-19(13-17)23-15(2)25/h4-10,13H,3,11-12,14H2,1-2H3,(H,23,25). The zero-order valence-electron chi connectivity index (χ0n) is 15.9. The van der Waals surface area contributed by atoms with Gasteiger partial charge in [-0.05, 0) is 42.8 Å². The van der Waals surface area contributed by atoms with Gasteiger partial charge in [-0.1, -0.05) is 18.2 Å². The van der Waals surface area contributed by atoms with Gasteiger partial charge in [-0.25, -0.2) is 4.39 Å². The highest BCUT2D eigenvalue weighted by atomic mass is 19.1. The molecule has 0 aliphatic heterocycles. The third-order valence-electron chi connectivity index (χ3n) is 3.89. The summed E-state index contributed by atoms with van der Waals surface area (Å²) in [4.78, 5) is 37.5. The van der Waals surface area contributed by atoms with Crippen LogP contribution < -0.4 is 5.32 Å². The average molecular weight is 386 g/mol. The van der Waals surface area contributed by atoms with Crippen molar-refractivity contribution >= 4 is 23.5 Å². The summed E-state index contributed by atoms with van der Waals surface area (Å²) in [6.07, 6.45) is 0.0478. The van der Waals surface area contributed by atoms with Gasteiger partial charge in [-0.3, -0.25) is 14.4 Å². The van der Waals surface area contributed by atoms with Crippen molar-refractivity contribution in [2.45, 2.75) is 26.8 Å². The lowest BCUT2D eigenvalue weighted by atomic mass is 10.1. The van der Waals surface area contributed by atoms with Crippen molar-refractivity contribution in [3.05, 3.63) is 65.5 Å². The van der Waals surface area contributed by atoms with Crippen molar-refractivity contribution in [3.63, 3.8) is 0 Å². The largest absolute Gasteiger partial charge is 0.466 e. The van der Waals surface area contributed by atoms with Gasteiger partial charge < -0.3 is 15.0 Å². The van der Waals surface area contributed by atoms with Crippen molar-refractivity contribution in [1.29, 1.82) is 0 Å². The topological polar surface area (TPSA) is 75.7 Å². The van der Waals surface area contributed by atoms with E-state index in [9.17, 15) is 18.8 Å². The molecule has 0 heterocycles. The summed E-state index contributed by atoms with van der Waals surface area (Å²) >= 11 is 0. The van der Waals surface area contributed by atoms with Crippen LogP contribution in [0.1, 0.15) is 36.2 Å². The molecule has 6 nitrogen and oxygen atoms in total. The predicted molar refractivity (Wildman–Crippen MR) is 103 cm³/mol. The van der Waals surface area contributed by atoms with Crippen LogP contribution in [0.4, 0.5) is 10.1 Å². The number of rotatable bonds is 8. The maximum Gasteiger partial charge on any atom is 0.307 e. The Hall–Kier alpha value is -3.22. The number of hydrogen-bond donors (Lipinski definition) is 1. The maximum atomic E-state index is 13.2. The molecule has 0 saturated heterocycles. The number of carbonyl (C=O) groups excluding carboxylic acids is 3. The molecule has 28 heavy (non-hydrogen) atoms. The number of esters is 1. The molecule has 1 N–H and O–H groups in total. The molecule has 0 bridgehead atoms. The molecule has 148 valence electrons. The van der Waals surface area contributed by atoms with Crippen molar-refractivity contribution in [2.24, 2.45) is 0 Å². The fourth-order valence-electron chi connectivity index (χ4n) is 2.64. The number of halogens is 1. The van der Waals surface area contributed by atoms with Crippen LogP contribution in [-0.2, 0) is 20.9 Å². The van der Waals surface area contributed by atoms with Crippen LogP contribution in [0.15, 0.2) is 48.5 Å². The Kier molecular flexibility index (Phi) is 7.68. The lowest BCUT2D eigenvalue weighted by Gasteiger charge is -2.23. The predicted octanol–water partition coefficient (Wildman–Crippen LogP) is 3.38. The molecule has 0 unspecified atom stereocenters. The summed E-state index contributed by atoms with van der Waals surface area (Å²) in [5.41, 5.74) is 1.61. The maximum absolute atomic E-state index is 13.2. The molecule has 2 aromatic carbocycles. The van der Waals surface area contributed by atoms with Crippen LogP contribution in [0.5, 0.6) is 0 Å². The smallest absolute Gasteiger partial charge is 0.307 e. The Morgan fingerprint density at radius 3 is 2.46 bits per heavy atom. The first kappa shape index (κ1) is 21.1. The van der Waals surface area contributed by atoms with E-state index in [2.05, 4.69) is 5.32 Å². The van der Waals surface area contributed by atoms with Crippen LogP contribution in [0.3, 0.4) is 0 Å². The first-order chi connectivity index (χ1) is 13.4. The average Bonchev–Trinajstić information content (AvgIpc) is 2.66. The van der Waals surface area contributed by atoms with E-state index in [-0.39, 0.29) is 43.7 Å². The second-order valence-corrected chi connectivity index (χ2v) is 6.17. The Morgan fingerprint density at radius 1 is 1.11 bits per heavy atom. The lowest BCUT2D eigenvalue weighted by Crippen LogP contribution is -2.33. The molecule has 0 atom stereocenters. The van der Waals surface area contributed by atoms with Crippen molar-refractivity contribution in [1.82, 2.24) is 4.90 Å². The van der Waals surface area contributed by atoms with E-state index in [1.807, 2.05) is 0 Å². The molecule has 2 amide bonds. The summed E-state index contributed by atoms with van der Waals surface area (Å²) in [5, 5.41) is 2.64. The molecular weight excluding hydrogens is 363 g/mol. The van der Waals surface area contributed by atoms with Gasteiger partial charge >= 0.3 is 5.97 Å². The fraction of sp³-hybridized carbons (Fsp3) is 0.286. The highest BCUT2D eigenvalue weighted by molar-refractivity contribution is 5.97. The zero-order valence-corrected chi connectivity index (χ0v) is 15.9. The molecule has 0 fully saturated rings. The van der Waals surface area contributed by atoms with E-state index in [0.29, 0.717) is 11.3 Å². The number of carbonyl (C=O) groups is 3. The van der Waals surface area contributed by atoms with E-state index in [1.165, 1.54) is 24.0 Å². The second kappa shape index (κ2) is 10.2. The van der Waals surface area contributed by atoms with Crippen molar-refractivity contribution in [3.8, 4) is 0 Å². The molecule has 0 radical (unpaired) electrons. The van der Waals surface area contributed by atoms with E-state index < -0.39 is 5.97 Å². The highest BCUT2D eigenvalue weighted by Crippen LogP contribution is 2.16. The van der Waals surface area contributed by atoms with Gasteiger partial charge in [0.1, 0.15) is 5.82 Å². The normalized spacial score (nSPS) is 10.2. The minimum absolute atomic E-state index is 0.0478. The third-order valence-corrected chi connectivity index (χ3v) is 3.89. The summed E-state index contributed by atoms with van der Waals surface area (Å²) in [6.45, 7) is 3.73. The summed E-state index contributed by atoms with van der Waals surface area (Å²) in [6, 6.07) is 12.4. The quantitative estimate of drug-likeness (QED) is 0.706. The number of hydrogen-bond acceptors (Lipinski definition) is 4. The molecule has 0 saturated carbocycles. The first-order valence-electron chi connectivity index (χ1n) is 8.96. The molecule has 0 aliphatic rings.